The molecule has 1 aromatic carbocycles. The number of nitrogens with one attached hydrogen (secondary N) is 1. The topological polar surface area (TPSA) is 67.5 Å². The minimum atomic E-state index is -1.17. The number of aryl methyl sites for hydroxylation is 1. The first kappa shape index (κ1) is 20.8. The first-order valence-corrected chi connectivity index (χ1v) is 11.3. The molecule has 2 aromatic heterocycles. The van der Waals surface area contributed by atoms with E-state index in [4.69, 9.17) is 4.42 Å². The number of aromatic nitrogens is 1. The third-order valence-electron chi connectivity index (χ3n) is 6.95. The van der Waals surface area contributed by atoms with Crippen LogP contribution < -0.4 is 5.32 Å². The summed E-state index contributed by atoms with van der Waals surface area (Å²) in [7, 11) is 0. The van der Waals surface area contributed by atoms with E-state index in [2.05, 4.69) is 5.32 Å². The Hall–Kier alpha value is -3.09. The van der Waals surface area contributed by atoms with E-state index in [1.54, 1.807) is 31.2 Å². The summed E-state index contributed by atoms with van der Waals surface area (Å²) in [5, 5.41) is 3.19. The van der Waals surface area contributed by atoms with Crippen LogP contribution in [0.4, 0.5) is 4.39 Å². The van der Waals surface area contributed by atoms with Gasteiger partial charge in [-0.05, 0) is 32.8 Å². The van der Waals surface area contributed by atoms with Gasteiger partial charge in [0.15, 0.2) is 5.58 Å². The Morgan fingerprint density at radius 3 is 2.72 bits per heavy atom. The molecular formula is C25H28FN3O3. The van der Waals surface area contributed by atoms with Gasteiger partial charge in [0.2, 0.25) is 5.91 Å². The van der Waals surface area contributed by atoms with Crippen molar-refractivity contribution in [2.24, 2.45) is 0 Å². The molecule has 3 aromatic rings. The fraction of sp³-hybridized carbons (Fsp3) is 0.440. The number of hydrogen-bond donors (Lipinski definition) is 1. The van der Waals surface area contributed by atoms with Crippen molar-refractivity contribution in [1.82, 2.24) is 14.8 Å². The molecule has 0 unspecified atom stereocenters. The first-order valence-electron chi connectivity index (χ1n) is 11.3. The zero-order valence-corrected chi connectivity index (χ0v) is 18.5. The fourth-order valence-corrected chi connectivity index (χ4v) is 5.09. The summed E-state index contributed by atoms with van der Waals surface area (Å²) in [6.07, 6.45) is 5.27. The van der Waals surface area contributed by atoms with E-state index in [0.717, 1.165) is 37.0 Å². The Labute approximate surface area is 186 Å². The quantitative estimate of drug-likeness (QED) is 0.651. The highest BCUT2D eigenvalue weighted by Gasteiger charge is 2.48. The number of nitrogens with zero attached hydrogens (tertiary/aromatic N) is 2. The molecule has 1 saturated carbocycles. The van der Waals surface area contributed by atoms with Gasteiger partial charge in [0.05, 0.1) is 18.6 Å². The summed E-state index contributed by atoms with van der Waals surface area (Å²) in [6, 6.07) is 10.1. The molecular weight excluding hydrogens is 409 g/mol. The van der Waals surface area contributed by atoms with Gasteiger partial charge in [0.25, 0.3) is 5.91 Å². The zero-order valence-electron chi connectivity index (χ0n) is 18.5. The van der Waals surface area contributed by atoms with Crippen LogP contribution in [-0.2, 0) is 17.9 Å². The van der Waals surface area contributed by atoms with Gasteiger partial charge >= 0.3 is 0 Å². The summed E-state index contributed by atoms with van der Waals surface area (Å²) in [4.78, 5) is 28.8. The lowest BCUT2D eigenvalue weighted by Crippen LogP contribution is -2.64. The van der Waals surface area contributed by atoms with Gasteiger partial charge in [-0.1, -0.05) is 37.5 Å². The SMILES string of the molecule is Cc1cc2c(cc3n2C[C@@](C)(C(=O)NC2CCCCC2)N(Cc2ccccc2F)C3=O)o1. The molecule has 1 atom stereocenters. The van der Waals surface area contributed by atoms with Crippen molar-refractivity contribution < 1.29 is 18.4 Å². The predicted octanol–water partition coefficient (Wildman–Crippen LogP) is 4.55. The van der Waals surface area contributed by atoms with Crippen LogP contribution in [0.15, 0.2) is 40.8 Å². The van der Waals surface area contributed by atoms with Gasteiger partial charge in [-0.3, -0.25) is 9.59 Å². The van der Waals surface area contributed by atoms with Crippen molar-refractivity contribution in [2.75, 3.05) is 0 Å². The van der Waals surface area contributed by atoms with Crippen LogP contribution in [0.2, 0.25) is 0 Å². The number of carbonyl (C=O) groups excluding carboxylic acids is 2. The Bertz CT molecular complexity index is 1190. The summed E-state index contributed by atoms with van der Waals surface area (Å²) in [5.74, 6) is -0.132. The average Bonchev–Trinajstić information content (AvgIpc) is 3.30. The smallest absolute Gasteiger partial charge is 0.271 e. The molecule has 1 N–H and O–H groups in total. The summed E-state index contributed by atoms with van der Waals surface area (Å²) in [6.45, 7) is 3.94. The number of hydrogen-bond acceptors (Lipinski definition) is 3. The van der Waals surface area contributed by atoms with E-state index in [0.29, 0.717) is 16.8 Å². The van der Waals surface area contributed by atoms with Crippen LogP contribution in [0.5, 0.6) is 0 Å². The fourth-order valence-electron chi connectivity index (χ4n) is 5.09. The predicted molar refractivity (Wildman–Crippen MR) is 119 cm³/mol. The van der Waals surface area contributed by atoms with Crippen molar-refractivity contribution in [3.05, 3.63) is 59.2 Å². The number of furan rings is 1. The lowest BCUT2D eigenvalue weighted by Gasteiger charge is -2.44. The third-order valence-corrected chi connectivity index (χ3v) is 6.95. The molecule has 0 radical (unpaired) electrons. The van der Waals surface area contributed by atoms with Crippen LogP contribution in [0.1, 0.15) is 60.8 Å². The highest BCUT2D eigenvalue weighted by Crippen LogP contribution is 2.35. The van der Waals surface area contributed by atoms with Crippen molar-refractivity contribution in [1.29, 1.82) is 0 Å². The second-order valence-electron chi connectivity index (χ2n) is 9.29. The minimum Gasteiger partial charge on any atom is -0.460 e. The number of carbonyl (C=O) groups is 2. The van der Waals surface area contributed by atoms with Crippen molar-refractivity contribution in [3.63, 3.8) is 0 Å². The molecule has 7 heteroatoms. The van der Waals surface area contributed by atoms with Crippen molar-refractivity contribution >= 4 is 22.9 Å². The first-order chi connectivity index (χ1) is 15.4. The Morgan fingerprint density at radius 2 is 1.97 bits per heavy atom. The van der Waals surface area contributed by atoms with E-state index in [-0.39, 0.29) is 36.8 Å². The molecule has 0 bridgehead atoms. The maximum Gasteiger partial charge on any atom is 0.271 e. The average molecular weight is 438 g/mol. The maximum absolute atomic E-state index is 14.5. The third kappa shape index (κ3) is 3.40. The van der Waals surface area contributed by atoms with E-state index in [9.17, 15) is 14.0 Å². The molecule has 2 aliphatic rings. The molecule has 0 spiro atoms. The minimum absolute atomic E-state index is 0.0195. The van der Waals surface area contributed by atoms with Gasteiger partial charge in [0, 0.05) is 23.7 Å². The molecule has 168 valence electrons. The van der Waals surface area contributed by atoms with Gasteiger partial charge in [-0.2, -0.15) is 0 Å². The number of rotatable bonds is 4. The summed E-state index contributed by atoms with van der Waals surface area (Å²) < 4.78 is 22.1. The lowest BCUT2D eigenvalue weighted by molar-refractivity contribution is -0.134. The molecule has 1 aliphatic carbocycles. The van der Waals surface area contributed by atoms with Gasteiger partial charge in [0.1, 0.15) is 22.8 Å². The highest BCUT2D eigenvalue weighted by molar-refractivity contribution is 6.03. The summed E-state index contributed by atoms with van der Waals surface area (Å²) in [5.41, 5.74) is 1.10. The number of amides is 2. The van der Waals surface area contributed by atoms with E-state index < -0.39 is 5.54 Å². The van der Waals surface area contributed by atoms with E-state index in [1.165, 1.54) is 17.4 Å². The molecule has 1 aliphatic heterocycles. The Balaban J connectivity index is 1.55. The molecule has 6 nitrogen and oxygen atoms in total. The van der Waals surface area contributed by atoms with Crippen LogP contribution in [-0.4, -0.2) is 32.9 Å². The monoisotopic (exact) mass is 437 g/mol. The summed E-state index contributed by atoms with van der Waals surface area (Å²) >= 11 is 0. The molecule has 1 fully saturated rings. The van der Waals surface area contributed by atoms with Crippen LogP contribution in [0.3, 0.4) is 0 Å². The Morgan fingerprint density at radius 1 is 1.22 bits per heavy atom. The molecule has 3 heterocycles. The second-order valence-corrected chi connectivity index (χ2v) is 9.29. The largest absolute Gasteiger partial charge is 0.460 e. The molecule has 2 amide bonds. The van der Waals surface area contributed by atoms with Gasteiger partial charge in [-0.25, -0.2) is 4.39 Å². The number of benzene rings is 1. The molecule has 32 heavy (non-hydrogen) atoms. The van der Waals surface area contributed by atoms with Crippen molar-refractivity contribution in [2.45, 2.75) is 70.6 Å². The zero-order chi connectivity index (χ0) is 22.5. The van der Waals surface area contributed by atoms with Crippen LogP contribution in [0, 0.1) is 12.7 Å². The van der Waals surface area contributed by atoms with Crippen LogP contribution >= 0.6 is 0 Å². The number of halogens is 1. The molecule has 0 saturated heterocycles. The Kier molecular flexibility index (Phi) is 5.07. The van der Waals surface area contributed by atoms with E-state index in [1.807, 2.05) is 17.6 Å². The van der Waals surface area contributed by atoms with Gasteiger partial charge in [-0.15, -0.1) is 0 Å². The van der Waals surface area contributed by atoms with Crippen LogP contribution in [0.25, 0.3) is 11.1 Å². The van der Waals surface area contributed by atoms with Gasteiger partial charge < -0.3 is 19.2 Å². The second kappa shape index (κ2) is 7.80. The lowest BCUT2D eigenvalue weighted by atomic mass is 9.91. The standard InChI is InChI=1S/C25H28FN3O3/c1-16-12-20-22(32-16)13-21-23(30)29(14-17-8-6-7-11-19(17)26)25(2,15-28(20)21)24(31)27-18-9-4-3-5-10-18/h6-8,11-13,18H,3-5,9-10,14-15H2,1-2H3,(H,27,31)/t25-/m0/s1. The molecule has 5 rings (SSSR count). The highest BCUT2D eigenvalue weighted by atomic mass is 19.1. The maximum atomic E-state index is 14.5. The number of fused-ring (bicyclic) bond motifs is 3. The van der Waals surface area contributed by atoms with Crippen molar-refractivity contribution in [3.8, 4) is 0 Å². The van der Waals surface area contributed by atoms with E-state index >= 15 is 0 Å². The normalized spacial score (nSPS) is 21.7.